The van der Waals surface area contributed by atoms with Gasteiger partial charge in [-0.1, -0.05) is 0 Å². The molecule has 2 N–H and O–H groups in total. The van der Waals surface area contributed by atoms with Crippen molar-refractivity contribution in [3.63, 3.8) is 0 Å². The first-order valence-electron chi connectivity index (χ1n) is 5.56. The second-order valence-corrected chi connectivity index (χ2v) is 4.01. The summed E-state index contributed by atoms with van der Waals surface area (Å²) >= 11 is 0. The Bertz CT molecular complexity index is 395. The molecule has 6 heteroatoms. The number of anilines is 2. The van der Waals surface area contributed by atoms with Gasteiger partial charge in [-0.05, 0) is 6.42 Å². The number of nitrogens with one attached hydrogen (secondary N) is 2. The highest BCUT2D eigenvalue weighted by Crippen LogP contribution is 2.20. The molecule has 2 rings (SSSR count). The van der Waals surface area contributed by atoms with E-state index in [0.29, 0.717) is 19.1 Å². The summed E-state index contributed by atoms with van der Waals surface area (Å²) in [6, 6.07) is 0.826. The van der Waals surface area contributed by atoms with Gasteiger partial charge in [0.15, 0.2) is 23.3 Å². The van der Waals surface area contributed by atoms with Crippen LogP contribution in [0.2, 0.25) is 0 Å². The van der Waals surface area contributed by atoms with Crippen molar-refractivity contribution in [1.82, 2.24) is 4.98 Å². The fraction of sp³-hybridized carbons (Fsp3) is 0.545. The first kappa shape index (κ1) is 12.0. The third-order valence-corrected chi connectivity index (χ3v) is 2.75. The number of nitrogens with zero attached hydrogens (tertiary/aromatic N) is 1. The van der Waals surface area contributed by atoms with E-state index in [1.165, 1.54) is 7.05 Å². The highest BCUT2D eigenvalue weighted by atomic mass is 19.1. The minimum atomic E-state index is -0.695. The van der Waals surface area contributed by atoms with Crippen LogP contribution in [0.1, 0.15) is 6.42 Å². The van der Waals surface area contributed by atoms with Gasteiger partial charge in [-0.15, -0.1) is 0 Å². The van der Waals surface area contributed by atoms with Crippen molar-refractivity contribution in [2.45, 2.75) is 6.42 Å². The lowest BCUT2D eigenvalue weighted by Gasteiger charge is -2.12. The van der Waals surface area contributed by atoms with Crippen LogP contribution >= 0.6 is 0 Å². The standard InChI is InChI=1S/C11H15F2N3O/c1-14-10-8(12)4-9(13)11(16-10)15-5-7-2-3-17-6-7/h4,7H,2-3,5-6H2,1H3,(H2,14,15,16). The zero-order valence-corrected chi connectivity index (χ0v) is 9.59. The monoisotopic (exact) mass is 243 g/mol. The molecule has 1 unspecified atom stereocenters. The minimum Gasteiger partial charge on any atom is -0.381 e. The molecule has 0 aliphatic carbocycles. The molecule has 1 aromatic heterocycles. The number of ether oxygens (including phenoxy) is 1. The van der Waals surface area contributed by atoms with Crippen molar-refractivity contribution in [3.05, 3.63) is 17.7 Å². The SMILES string of the molecule is CNc1nc(NCC2CCOC2)c(F)cc1F. The van der Waals surface area contributed by atoms with E-state index in [1.54, 1.807) is 0 Å². The summed E-state index contributed by atoms with van der Waals surface area (Å²) in [6.45, 7) is 2.00. The zero-order chi connectivity index (χ0) is 12.3. The van der Waals surface area contributed by atoms with Gasteiger partial charge in [0.25, 0.3) is 0 Å². The predicted octanol–water partition coefficient (Wildman–Crippen LogP) is 1.85. The van der Waals surface area contributed by atoms with Gasteiger partial charge in [-0.25, -0.2) is 13.8 Å². The molecule has 0 radical (unpaired) electrons. The lowest BCUT2D eigenvalue weighted by molar-refractivity contribution is 0.187. The predicted molar refractivity (Wildman–Crippen MR) is 61.1 cm³/mol. The summed E-state index contributed by atoms with van der Waals surface area (Å²) in [7, 11) is 1.54. The van der Waals surface area contributed by atoms with E-state index in [2.05, 4.69) is 15.6 Å². The molecule has 0 saturated carbocycles. The number of halogens is 2. The summed E-state index contributed by atoms with van der Waals surface area (Å²) < 4.78 is 31.8. The number of hydrogen-bond acceptors (Lipinski definition) is 4. The molecule has 1 fully saturated rings. The van der Waals surface area contributed by atoms with E-state index >= 15 is 0 Å². The van der Waals surface area contributed by atoms with Gasteiger partial charge < -0.3 is 15.4 Å². The van der Waals surface area contributed by atoms with Crippen LogP contribution in [-0.2, 0) is 4.74 Å². The zero-order valence-electron chi connectivity index (χ0n) is 9.59. The van der Waals surface area contributed by atoms with Crippen molar-refractivity contribution < 1.29 is 13.5 Å². The molecule has 2 heterocycles. The van der Waals surface area contributed by atoms with Crippen LogP contribution in [0.4, 0.5) is 20.4 Å². The highest BCUT2D eigenvalue weighted by Gasteiger charge is 2.17. The fourth-order valence-corrected chi connectivity index (χ4v) is 1.75. The van der Waals surface area contributed by atoms with E-state index in [4.69, 9.17) is 4.74 Å². The van der Waals surface area contributed by atoms with Gasteiger partial charge in [0.2, 0.25) is 0 Å². The van der Waals surface area contributed by atoms with Gasteiger partial charge in [0, 0.05) is 32.2 Å². The van der Waals surface area contributed by atoms with Gasteiger partial charge in [0.05, 0.1) is 6.61 Å². The van der Waals surface area contributed by atoms with Crippen LogP contribution in [-0.4, -0.2) is 31.8 Å². The van der Waals surface area contributed by atoms with Crippen LogP contribution in [0, 0.1) is 17.6 Å². The van der Waals surface area contributed by atoms with E-state index < -0.39 is 11.6 Å². The Balaban J connectivity index is 2.03. The lowest BCUT2D eigenvalue weighted by Crippen LogP contribution is -2.16. The van der Waals surface area contributed by atoms with Gasteiger partial charge in [0.1, 0.15) is 0 Å². The van der Waals surface area contributed by atoms with Crippen molar-refractivity contribution in [3.8, 4) is 0 Å². The van der Waals surface area contributed by atoms with Crippen molar-refractivity contribution in [2.75, 3.05) is 37.4 Å². The van der Waals surface area contributed by atoms with E-state index in [1.807, 2.05) is 0 Å². The molecule has 1 aromatic rings. The molecule has 0 amide bonds. The van der Waals surface area contributed by atoms with Crippen LogP contribution in [0.5, 0.6) is 0 Å². The van der Waals surface area contributed by atoms with E-state index in [9.17, 15) is 8.78 Å². The topological polar surface area (TPSA) is 46.2 Å². The smallest absolute Gasteiger partial charge is 0.168 e. The molecule has 0 bridgehead atoms. The molecule has 17 heavy (non-hydrogen) atoms. The third-order valence-electron chi connectivity index (χ3n) is 2.75. The quantitative estimate of drug-likeness (QED) is 0.847. The van der Waals surface area contributed by atoms with Crippen LogP contribution in [0.3, 0.4) is 0 Å². The first-order chi connectivity index (χ1) is 8.20. The number of hydrogen-bond donors (Lipinski definition) is 2. The van der Waals surface area contributed by atoms with Crippen LogP contribution in [0.25, 0.3) is 0 Å². The Kier molecular flexibility index (Phi) is 3.73. The van der Waals surface area contributed by atoms with Gasteiger partial charge in [-0.3, -0.25) is 0 Å². The first-order valence-corrected chi connectivity index (χ1v) is 5.56. The van der Waals surface area contributed by atoms with Crippen molar-refractivity contribution >= 4 is 11.6 Å². The van der Waals surface area contributed by atoms with Crippen molar-refractivity contribution in [1.29, 1.82) is 0 Å². The summed E-state index contributed by atoms with van der Waals surface area (Å²) in [5.74, 6) is -0.904. The Morgan fingerprint density at radius 1 is 1.41 bits per heavy atom. The number of pyridine rings is 1. The second-order valence-electron chi connectivity index (χ2n) is 4.01. The summed E-state index contributed by atoms with van der Waals surface area (Å²) in [5, 5.41) is 5.46. The van der Waals surface area contributed by atoms with Crippen LogP contribution < -0.4 is 10.6 Å². The molecule has 0 spiro atoms. The normalized spacial score (nSPS) is 19.4. The summed E-state index contributed by atoms with van der Waals surface area (Å²) in [6.07, 6.45) is 0.953. The second kappa shape index (κ2) is 5.27. The highest BCUT2D eigenvalue weighted by molar-refractivity contribution is 5.47. The van der Waals surface area contributed by atoms with E-state index in [0.717, 1.165) is 19.1 Å². The summed E-state index contributed by atoms with van der Waals surface area (Å²) in [4.78, 5) is 3.84. The molecule has 1 atom stereocenters. The van der Waals surface area contributed by atoms with Crippen LogP contribution in [0.15, 0.2) is 6.07 Å². The Labute approximate surface area is 98.4 Å². The van der Waals surface area contributed by atoms with Gasteiger partial charge >= 0.3 is 0 Å². The minimum absolute atomic E-state index is 0.0385. The fourth-order valence-electron chi connectivity index (χ4n) is 1.75. The molecule has 4 nitrogen and oxygen atoms in total. The maximum atomic E-state index is 13.4. The number of aromatic nitrogens is 1. The number of rotatable bonds is 4. The molecule has 1 saturated heterocycles. The largest absolute Gasteiger partial charge is 0.381 e. The maximum Gasteiger partial charge on any atom is 0.168 e. The molecular formula is C11H15F2N3O. The average molecular weight is 243 g/mol. The molecular weight excluding hydrogens is 228 g/mol. The Hall–Kier alpha value is -1.43. The average Bonchev–Trinajstić information content (AvgIpc) is 2.81. The van der Waals surface area contributed by atoms with Crippen molar-refractivity contribution in [2.24, 2.45) is 5.92 Å². The maximum absolute atomic E-state index is 13.4. The molecule has 1 aliphatic rings. The van der Waals surface area contributed by atoms with E-state index in [-0.39, 0.29) is 11.6 Å². The molecule has 0 aromatic carbocycles. The molecule has 1 aliphatic heterocycles. The summed E-state index contributed by atoms with van der Waals surface area (Å²) in [5.41, 5.74) is 0. The molecule has 94 valence electrons. The Morgan fingerprint density at radius 3 is 2.82 bits per heavy atom. The van der Waals surface area contributed by atoms with Gasteiger partial charge in [-0.2, -0.15) is 0 Å². The lowest BCUT2D eigenvalue weighted by atomic mass is 10.1. The third kappa shape index (κ3) is 2.82. The Morgan fingerprint density at radius 2 is 2.18 bits per heavy atom.